The van der Waals surface area contributed by atoms with Crippen molar-refractivity contribution in [1.82, 2.24) is 9.97 Å². The fraction of sp³-hybridized carbons (Fsp3) is 0.154. The van der Waals surface area contributed by atoms with Crippen molar-refractivity contribution in [3.63, 3.8) is 0 Å². The van der Waals surface area contributed by atoms with Gasteiger partial charge >= 0.3 is 0 Å². The number of nitrogens with one attached hydrogen (secondary N) is 1. The number of para-hydroxylation sites is 1. The Balaban J connectivity index is 2.02. The van der Waals surface area contributed by atoms with Gasteiger partial charge in [0.25, 0.3) is 5.91 Å². The fourth-order valence-corrected chi connectivity index (χ4v) is 2.16. The Morgan fingerprint density at radius 3 is 2.89 bits per heavy atom. The first-order chi connectivity index (χ1) is 8.70. The molecule has 1 amide bonds. The zero-order chi connectivity index (χ0) is 12.6. The minimum Gasteiger partial charge on any atom is -0.375 e. The number of benzene rings is 1. The molecule has 3 rings (SSSR count). The van der Waals surface area contributed by atoms with Crippen molar-refractivity contribution in [1.29, 1.82) is 0 Å². The molecular weight excluding hydrogens is 230 g/mol. The normalized spacial score (nSPS) is 21.5. The van der Waals surface area contributed by atoms with Crippen LogP contribution in [0, 0.1) is 0 Å². The number of hydrogen-bond donors (Lipinski definition) is 2. The molecule has 2 N–H and O–H groups in total. The van der Waals surface area contributed by atoms with E-state index in [1.54, 1.807) is 30.6 Å². The van der Waals surface area contributed by atoms with Crippen molar-refractivity contribution >= 4 is 11.6 Å². The van der Waals surface area contributed by atoms with Crippen LogP contribution in [0.4, 0.5) is 5.69 Å². The molecule has 1 aliphatic heterocycles. The van der Waals surface area contributed by atoms with Gasteiger partial charge in [0.1, 0.15) is 0 Å². The zero-order valence-corrected chi connectivity index (χ0v) is 9.50. The number of fused-ring (bicyclic) bond motifs is 1. The summed E-state index contributed by atoms with van der Waals surface area (Å²) in [7, 11) is 0. The molecule has 1 aliphatic rings. The topological polar surface area (TPSA) is 75.1 Å². The van der Waals surface area contributed by atoms with Crippen molar-refractivity contribution < 1.29 is 9.90 Å². The van der Waals surface area contributed by atoms with Gasteiger partial charge in [0, 0.05) is 36.3 Å². The highest BCUT2D eigenvalue weighted by Crippen LogP contribution is 2.37. The molecule has 2 heterocycles. The van der Waals surface area contributed by atoms with E-state index in [0.29, 0.717) is 16.9 Å². The number of carbonyl (C=O) groups is 1. The van der Waals surface area contributed by atoms with E-state index < -0.39 is 11.5 Å². The zero-order valence-electron chi connectivity index (χ0n) is 9.50. The van der Waals surface area contributed by atoms with Gasteiger partial charge in [-0.05, 0) is 6.07 Å². The van der Waals surface area contributed by atoms with E-state index in [1.807, 2.05) is 6.07 Å². The Kier molecular flexibility index (Phi) is 2.34. The Morgan fingerprint density at radius 2 is 2.11 bits per heavy atom. The minimum absolute atomic E-state index is 0.115. The van der Waals surface area contributed by atoms with Crippen LogP contribution in [-0.2, 0) is 16.8 Å². The Morgan fingerprint density at radius 1 is 1.28 bits per heavy atom. The lowest BCUT2D eigenvalue weighted by Gasteiger charge is -2.19. The van der Waals surface area contributed by atoms with Gasteiger partial charge < -0.3 is 10.4 Å². The number of anilines is 1. The van der Waals surface area contributed by atoms with Crippen LogP contribution in [0.3, 0.4) is 0 Å². The van der Waals surface area contributed by atoms with Crippen LogP contribution in [0.2, 0.25) is 0 Å². The van der Waals surface area contributed by atoms with Gasteiger partial charge in [-0.2, -0.15) is 0 Å². The summed E-state index contributed by atoms with van der Waals surface area (Å²) in [6.45, 7) is 0. The molecule has 90 valence electrons. The third-order valence-corrected chi connectivity index (χ3v) is 3.05. The van der Waals surface area contributed by atoms with E-state index >= 15 is 0 Å². The van der Waals surface area contributed by atoms with Crippen LogP contribution in [0.5, 0.6) is 0 Å². The second kappa shape index (κ2) is 3.89. The van der Waals surface area contributed by atoms with Gasteiger partial charge in [-0.3, -0.25) is 14.8 Å². The third-order valence-electron chi connectivity index (χ3n) is 3.05. The van der Waals surface area contributed by atoms with Gasteiger partial charge in [-0.1, -0.05) is 18.2 Å². The molecule has 1 atom stereocenters. The standard InChI is InChI=1S/C13H11N3O2/c17-12-13(18,7-9-8-14-5-6-15-9)10-3-1-2-4-11(10)16-12/h1-6,8,18H,7H2,(H,16,17)/t13-/m0/s1. The average molecular weight is 241 g/mol. The Labute approximate surface area is 104 Å². The summed E-state index contributed by atoms with van der Waals surface area (Å²) in [5.74, 6) is -0.422. The van der Waals surface area contributed by atoms with Gasteiger partial charge in [-0.15, -0.1) is 0 Å². The van der Waals surface area contributed by atoms with Crippen LogP contribution < -0.4 is 5.32 Å². The summed E-state index contributed by atoms with van der Waals surface area (Å²) >= 11 is 0. The number of aromatic nitrogens is 2. The smallest absolute Gasteiger partial charge is 0.261 e. The average Bonchev–Trinajstić information content (AvgIpc) is 2.63. The van der Waals surface area contributed by atoms with Crippen LogP contribution in [0.15, 0.2) is 42.9 Å². The molecule has 0 unspecified atom stereocenters. The predicted molar refractivity (Wildman–Crippen MR) is 64.7 cm³/mol. The quantitative estimate of drug-likeness (QED) is 0.817. The van der Waals surface area contributed by atoms with Crippen LogP contribution in [-0.4, -0.2) is 21.0 Å². The van der Waals surface area contributed by atoms with Crippen molar-refractivity contribution in [3.05, 3.63) is 54.1 Å². The lowest BCUT2D eigenvalue weighted by Crippen LogP contribution is -2.36. The predicted octanol–water partition coefficient (Wildman–Crippen LogP) is 0.859. The van der Waals surface area contributed by atoms with Crippen LogP contribution in [0.1, 0.15) is 11.3 Å². The van der Waals surface area contributed by atoms with Crippen molar-refractivity contribution in [2.45, 2.75) is 12.0 Å². The Bertz CT molecular complexity index is 600. The second-order valence-corrected chi connectivity index (χ2v) is 4.23. The molecule has 0 aliphatic carbocycles. The number of aliphatic hydroxyl groups is 1. The maximum absolute atomic E-state index is 11.9. The van der Waals surface area contributed by atoms with E-state index in [9.17, 15) is 9.90 Å². The first kappa shape index (κ1) is 10.9. The molecule has 0 spiro atoms. The summed E-state index contributed by atoms with van der Waals surface area (Å²) in [4.78, 5) is 20.0. The van der Waals surface area contributed by atoms with Crippen LogP contribution in [0.25, 0.3) is 0 Å². The molecule has 18 heavy (non-hydrogen) atoms. The summed E-state index contributed by atoms with van der Waals surface area (Å²) in [5.41, 5.74) is 0.244. The molecule has 2 aromatic rings. The molecule has 1 aromatic carbocycles. The fourth-order valence-electron chi connectivity index (χ4n) is 2.16. The molecule has 0 saturated heterocycles. The van der Waals surface area contributed by atoms with Crippen molar-refractivity contribution in [2.24, 2.45) is 0 Å². The first-order valence-electron chi connectivity index (χ1n) is 5.58. The highest BCUT2D eigenvalue weighted by Gasteiger charge is 2.45. The summed E-state index contributed by atoms with van der Waals surface area (Å²) < 4.78 is 0. The molecule has 0 saturated carbocycles. The molecule has 0 radical (unpaired) electrons. The number of rotatable bonds is 2. The molecule has 1 aromatic heterocycles. The van der Waals surface area contributed by atoms with E-state index in [0.717, 1.165) is 0 Å². The van der Waals surface area contributed by atoms with Gasteiger partial charge in [0.05, 0.1) is 5.69 Å². The van der Waals surface area contributed by atoms with E-state index in [1.165, 1.54) is 6.20 Å². The van der Waals surface area contributed by atoms with Gasteiger partial charge in [0.15, 0.2) is 5.60 Å². The van der Waals surface area contributed by atoms with Crippen molar-refractivity contribution in [3.8, 4) is 0 Å². The highest BCUT2D eigenvalue weighted by molar-refractivity contribution is 6.05. The van der Waals surface area contributed by atoms with E-state index in [-0.39, 0.29) is 6.42 Å². The SMILES string of the molecule is O=C1Nc2ccccc2[C@@]1(O)Cc1cnccn1. The summed E-state index contributed by atoms with van der Waals surface area (Å²) in [6.07, 6.45) is 4.75. The second-order valence-electron chi connectivity index (χ2n) is 4.23. The molecule has 5 heteroatoms. The summed E-state index contributed by atoms with van der Waals surface area (Å²) in [6, 6.07) is 7.11. The maximum atomic E-state index is 11.9. The summed E-state index contributed by atoms with van der Waals surface area (Å²) in [5, 5.41) is 13.3. The molecule has 0 fully saturated rings. The van der Waals surface area contributed by atoms with Gasteiger partial charge in [0.2, 0.25) is 0 Å². The third kappa shape index (κ3) is 1.56. The maximum Gasteiger partial charge on any atom is 0.261 e. The lowest BCUT2D eigenvalue weighted by molar-refractivity contribution is -0.133. The Hall–Kier alpha value is -2.27. The molecule has 5 nitrogen and oxygen atoms in total. The molecule has 0 bridgehead atoms. The lowest BCUT2D eigenvalue weighted by atomic mass is 9.90. The monoisotopic (exact) mass is 241 g/mol. The van der Waals surface area contributed by atoms with E-state index in [4.69, 9.17) is 0 Å². The minimum atomic E-state index is -1.56. The highest BCUT2D eigenvalue weighted by atomic mass is 16.3. The number of nitrogens with zero attached hydrogens (tertiary/aromatic N) is 2. The molecular formula is C13H11N3O2. The number of amides is 1. The van der Waals surface area contributed by atoms with E-state index in [2.05, 4.69) is 15.3 Å². The van der Waals surface area contributed by atoms with Crippen LogP contribution >= 0.6 is 0 Å². The van der Waals surface area contributed by atoms with Crippen molar-refractivity contribution in [2.75, 3.05) is 5.32 Å². The first-order valence-corrected chi connectivity index (χ1v) is 5.58. The largest absolute Gasteiger partial charge is 0.375 e. The number of carbonyl (C=O) groups excluding carboxylic acids is 1. The van der Waals surface area contributed by atoms with Gasteiger partial charge in [-0.25, -0.2) is 0 Å². The number of hydrogen-bond acceptors (Lipinski definition) is 4.